The molecule has 0 radical (unpaired) electrons. The van der Waals surface area contributed by atoms with Crippen molar-refractivity contribution in [1.82, 2.24) is 5.32 Å². The number of rotatable bonds is 3. The Morgan fingerprint density at radius 2 is 2.19 bits per heavy atom. The largest absolute Gasteiger partial charge is 0.388 e. The molecule has 3 nitrogen and oxygen atoms in total. The zero-order valence-electron chi connectivity index (χ0n) is 8.97. The number of amides is 1. The molecule has 3 heteroatoms. The van der Waals surface area contributed by atoms with Crippen molar-refractivity contribution in [3.8, 4) is 0 Å². The van der Waals surface area contributed by atoms with Crippen LogP contribution in [-0.4, -0.2) is 11.5 Å². The summed E-state index contributed by atoms with van der Waals surface area (Å²) >= 11 is 0. The van der Waals surface area contributed by atoms with E-state index in [-0.39, 0.29) is 5.92 Å². The van der Waals surface area contributed by atoms with E-state index in [1.807, 2.05) is 30.3 Å². The Hall–Kier alpha value is -1.61. The second-order valence-corrected chi connectivity index (χ2v) is 4.06. The molecule has 0 bridgehead atoms. The Bertz CT molecular complexity index is 401. The standard InChI is InChI=1S/C13H15NO2/c15-9-14-6-5-10-7-11-3-1-2-4-12(11)13(16)8-10/h1-6,9-10,13,16H,7-8H2,(H,14,15). The lowest BCUT2D eigenvalue weighted by Gasteiger charge is -2.26. The van der Waals surface area contributed by atoms with Crippen LogP contribution in [0.15, 0.2) is 36.5 Å². The summed E-state index contributed by atoms with van der Waals surface area (Å²) < 4.78 is 0. The summed E-state index contributed by atoms with van der Waals surface area (Å²) in [7, 11) is 0. The number of allylic oxidation sites excluding steroid dienone is 1. The van der Waals surface area contributed by atoms with Crippen LogP contribution in [0.3, 0.4) is 0 Å². The number of aliphatic hydroxyl groups is 1. The summed E-state index contributed by atoms with van der Waals surface area (Å²) in [4.78, 5) is 10.1. The zero-order chi connectivity index (χ0) is 11.4. The molecular formula is C13H15NO2. The number of carbonyl (C=O) groups is 1. The van der Waals surface area contributed by atoms with Gasteiger partial charge in [0.05, 0.1) is 6.10 Å². The van der Waals surface area contributed by atoms with Crippen LogP contribution in [0.5, 0.6) is 0 Å². The van der Waals surface area contributed by atoms with Crippen molar-refractivity contribution in [2.24, 2.45) is 5.92 Å². The molecule has 2 N–H and O–H groups in total. The van der Waals surface area contributed by atoms with Gasteiger partial charge in [0, 0.05) is 0 Å². The molecule has 0 aromatic heterocycles. The minimum atomic E-state index is -0.393. The van der Waals surface area contributed by atoms with Crippen LogP contribution < -0.4 is 5.32 Å². The summed E-state index contributed by atoms with van der Waals surface area (Å²) in [6, 6.07) is 7.96. The van der Waals surface area contributed by atoms with E-state index in [9.17, 15) is 9.90 Å². The van der Waals surface area contributed by atoms with E-state index in [1.165, 1.54) is 5.56 Å². The Labute approximate surface area is 94.8 Å². The maximum Gasteiger partial charge on any atom is 0.211 e. The summed E-state index contributed by atoms with van der Waals surface area (Å²) in [6.07, 6.45) is 5.46. The SMILES string of the molecule is O=CNC=CC1Cc2ccccc2C(O)C1. The lowest BCUT2D eigenvalue weighted by atomic mass is 9.82. The Balaban J connectivity index is 2.11. The van der Waals surface area contributed by atoms with E-state index >= 15 is 0 Å². The number of benzene rings is 1. The van der Waals surface area contributed by atoms with Gasteiger partial charge in [-0.15, -0.1) is 0 Å². The van der Waals surface area contributed by atoms with Gasteiger partial charge in [-0.1, -0.05) is 30.3 Å². The second kappa shape index (κ2) is 4.94. The molecule has 0 heterocycles. The molecule has 2 atom stereocenters. The molecule has 0 fully saturated rings. The van der Waals surface area contributed by atoms with Crippen molar-refractivity contribution in [3.05, 3.63) is 47.7 Å². The molecule has 0 saturated carbocycles. The number of hydrogen-bond donors (Lipinski definition) is 2. The summed E-state index contributed by atoms with van der Waals surface area (Å²) in [5.74, 6) is 0.289. The monoisotopic (exact) mass is 217 g/mol. The molecule has 0 aliphatic heterocycles. The second-order valence-electron chi connectivity index (χ2n) is 4.06. The first kappa shape index (κ1) is 10.9. The number of hydrogen-bond acceptors (Lipinski definition) is 2. The van der Waals surface area contributed by atoms with Crippen LogP contribution in [0.1, 0.15) is 23.7 Å². The van der Waals surface area contributed by atoms with Gasteiger partial charge in [-0.25, -0.2) is 0 Å². The molecule has 1 aliphatic rings. The minimum Gasteiger partial charge on any atom is -0.388 e. The molecule has 1 aromatic rings. The highest BCUT2D eigenvalue weighted by Crippen LogP contribution is 2.33. The highest BCUT2D eigenvalue weighted by atomic mass is 16.3. The number of nitrogens with one attached hydrogen (secondary N) is 1. The smallest absolute Gasteiger partial charge is 0.211 e. The molecule has 0 saturated heterocycles. The molecule has 2 rings (SSSR count). The minimum absolute atomic E-state index is 0.289. The fourth-order valence-corrected chi connectivity index (χ4v) is 2.20. The Morgan fingerprint density at radius 3 is 3.00 bits per heavy atom. The van der Waals surface area contributed by atoms with Gasteiger partial charge in [-0.3, -0.25) is 4.79 Å². The van der Waals surface area contributed by atoms with Crippen LogP contribution in [-0.2, 0) is 11.2 Å². The van der Waals surface area contributed by atoms with Gasteiger partial charge in [0.1, 0.15) is 0 Å². The third-order valence-corrected chi connectivity index (χ3v) is 2.95. The molecule has 1 amide bonds. The first-order valence-corrected chi connectivity index (χ1v) is 5.43. The quantitative estimate of drug-likeness (QED) is 0.754. The maximum atomic E-state index is 10.1. The molecule has 84 valence electrons. The first-order valence-electron chi connectivity index (χ1n) is 5.43. The van der Waals surface area contributed by atoms with Gasteiger partial charge < -0.3 is 10.4 Å². The van der Waals surface area contributed by atoms with E-state index in [0.717, 1.165) is 12.0 Å². The predicted octanol–water partition coefficient (Wildman–Crippen LogP) is 1.54. The van der Waals surface area contributed by atoms with Crippen LogP contribution in [0.2, 0.25) is 0 Å². The number of aliphatic hydroxyl groups excluding tert-OH is 1. The van der Waals surface area contributed by atoms with Crippen molar-refractivity contribution in [2.45, 2.75) is 18.9 Å². The van der Waals surface area contributed by atoms with Crippen molar-refractivity contribution in [2.75, 3.05) is 0 Å². The molecule has 16 heavy (non-hydrogen) atoms. The van der Waals surface area contributed by atoms with E-state index < -0.39 is 6.10 Å². The van der Waals surface area contributed by atoms with Crippen LogP contribution in [0.4, 0.5) is 0 Å². The molecule has 2 unspecified atom stereocenters. The highest BCUT2D eigenvalue weighted by Gasteiger charge is 2.23. The predicted molar refractivity (Wildman–Crippen MR) is 61.6 cm³/mol. The van der Waals surface area contributed by atoms with Gasteiger partial charge in [0.2, 0.25) is 6.41 Å². The molecular weight excluding hydrogens is 202 g/mol. The van der Waals surface area contributed by atoms with Gasteiger partial charge in [-0.2, -0.15) is 0 Å². The third kappa shape index (κ3) is 2.31. The van der Waals surface area contributed by atoms with Crippen molar-refractivity contribution in [1.29, 1.82) is 0 Å². The highest BCUT2D eigenvalue weighted by molar-refractivity contribution is 5.47. The van der Waals surface area contributed by atoms with Crippen molar-refractivity contribution in [3.63, 3.8) is 0 Å². The number of carbonyl (C=O) groups excluding carboxylic acids is 1. The topological polar surface area (TPSA) is 49.3 Å². The molecule has 1 aromatic carbocycles. The normalized spacial score (nSPS) is 24.1. The van der Waals surface area contributed by atoms with Crippen LogP contribution >= 0.6 is 0 Å². The maximum absolute atomic E-state index is 10.1. The zero-order valence-corrected chi connectivity index (χ0v) is 8.97. The van der Waals surface area contributed by atoms with Crippen molar-refractivity contribution >= 4 is 6.41 Å². The first-order chi connectivity index (χ1) is 7.81. The fourth-order valence-electron chi connectivity index (χ4n) is 2.20. The van der Waals surface area contributed by atoms with Crippen LogP contribution in [0, 0.1) is 5.92 Å². The van der Waals surface area contributed by atoms with E-state index in [2.05, 4.69) is 5.32 Å². The van der Waals surface area contributed by atoms with Crippen LogP contribution in [0.25, 0.3) is 0 Å². The van der Waals surface area contributed by atoms with E-state index in [1.54, 1.807) is 6.20 Å². The lowest BCUT2D eigenvalue weighted by Crippen LogP contribution is -2.17. The number of fused-ring (bicyclic) bond motifs is 1. The lowest BCUT2D eigenvalue weighted by molar-refractivity contribution is -0.108. The van der Waals surface area contributed by atoms with Gasteiger partial charge in [-0.05, 0) is 36.1 Å². The van der Waals surface area contributed by atoms with Crippen molar-refractivity contribution < 1.29 is 9.90 Å². The average molecular weight is 217 g/mol. The Kier molecular flexibility index (Phi) is 3.37. The third-order valence-electron chi connectivity index (χ3n) is 2.95. The fraction of sp³-hybridized carbons (Fsp3) is 0.308. The van der Waals surface area contributed by atoms with Gasteiger partial charge in [0.15, 0.2) is 0 Å². The molecule has 1 aliphatic carbocycles. The Morgan fingerprint density at radius 1 is 1.38 bits per heavy atom. The summed E-state index contributed by atoms with van der Waals surface area (Å²) in [5.41, 5.74) is 2.23. The van der Waals surface area contributed by atoms with E-state index in [4.69, 9.17) is 0 Å². The van der Waals surface area contributed by atoms with Gasteiger partial charge >= 0.3 is 0 Å². The average Bonchev–Trinajstić information content (AvgIpc) is 2.30. The summed E-state index contributed by atoms with van der Waals surface area (Å²) in [5, 5.41) is 12.5. The van der Waals surface area contributed by atoms with E-state index in [0.29, 0.717) is 12.8 Å². The van der Waals surface area contributed by atoms with Gasteiger partial charge in [0.25, 0.3) is 0 Å². The molecule has 0 spiro atoms. The summed E-state index contributed by atoms with van der Waals surface area (Å²) in [6.45, 7) is 0.